The highest BCUT2D eigenvalue weighted by molar-refractivity contribution is 7.92. The van der Waals surface area contributed by atoms with Crippen LogP contribution in [0.25, 0.3) is 0 Å². The third-order valence-corrected chi connectivity index (χ3v) is 5.48. The van der Waals surface area contributed by atoms with Crippen molar-refractivity contribution in [2.45, 2.75) is 17.9 Å². The van der Waals surface area contributed by atoms with E-state index in [9.17, 15) is 17.6 Å². The maximum absolute atomic E-state index is 13.1. The molecule has 0 fully saturated rings. The topological polar surface area (TPSA) is 88.2 Å². The molecule has 2 aromatic carbocycles. The van der Waals surface area contributed by atoms with Gasteiger partial charge in [-0.15, -0.1) is 0 Å². The van der Waals surface area contributed by atoms with Gasteiger partial charge < -0.3 is 5.32 Å². The van der Waals surface area contributed by atoms with Gasteiger partial charge in [-0.2, -0.15) is 0 Å². The van der Waals surface area contributed by atoms with Crippen molar-refractivity contribution in [2.75, 3.05) is 4.72 Å². The first-order chi connectivity index (χ1) is 13.4. The third-order valence-electron chi connectivity index (χ3n) is 4.09. The van der Waals surface area contributed by atoms with E-state index in [4.69, 9.17) is 0 Å². The molecule has 28 heavy (non-hydrogen) atoms. The van der Waals surface area contributed by atoms with Crippen molar-refractivity contribution in [1.82, 2.24) is 10.3 Å². The smallest absolute Gasteiger partial charge is 0.261 e. The Bertz CT molecular complexity index is 1070. The van der Waals surface area contributed by atoms with Gasteiger partial charge in [-0.05, 0) is 61.0 Å². The number of aromatic nitrogens is 1. The van der Waals surface area contributed by atoms with Crippen LogP contribution in [0.4, 0.5) is 10.1 Å². The number of hydrogen-bond acceptors (Lipinski definition) is 4. The second-order valence-corrected chi connectivity index (χ2v) is 7.76. The fourth-order valence-corrected chi connectivity index (χ4v) is 3.68. The summed E-state index contributed by atoms with van der Waals surface area (Å²) in [6, 6.07) is 14.0. The van der Waals surface area contributed by atoms with Gasteiger partial charge in [0.25, 0.3) is 15.9 Å². The summed E-state index contributed by atoms with van der Waals surface area (Å²) in [7, 11) is -3.97. The van der Waals surface area contributed by atoms with E-state index in [0.29, 0.717) is 0 Å². The number of halogens is 1. The summed E-state index contributed by atoms with van der Waals surface area (Å²) >= 11 is 0. The number of amides is 1. The number of nitrogens with one attached hydrogen (secondary N) is 2. The summed E-state index contributed by atoms with van der Waals surface area (Å²) in [6.07, 6.45) is 3.26. The molecule has 6 nitrogen and oxygen atoms in total. The van der Waals surface area contributed by atoms with Crippen molar-refractivity contribution < 1.29 is 17.6 Å². The van der Waals surface area contributed by atoms with Crippen LogP contribution >= 0.6 is 0 Å². The predicted octanol–water partition coefficient (Wildman–Crippen LogP) is 3.51. The first-order valence-electron chi connectivity index (χ1n) is 8.45. The Hall–Kier alpha value is -3.26. The van der Waals surface area contributed by atoms with Gasteiger partial charge in [0.1, 0.15) is 5.82 Å². The Morgan fingerprint density at radius 3 is 2.32 bits per heavy atom. The largest absolute Gasteiger partial charge is 0.345 e. The lowest BCUT2D eigenvalue weighted by molar-refractivity contribution is 0.0941. The van der Waals surface area contributed by atoms with E-state index in [0.717, 1.165) is 29.8 Å². The molecule has 144 valence electrons. The Morgan fingerprint density at radius 1 is 1.00 bits per heavy atom. The Morgan fingerprint density at radius 2 is 1.64 bits per heavy atom. The monoisotopic (exact) mass is 399 g/mol. The number of benzene rings is 2. The molecule has 0 unspecified atom stereocenters. The molecule has 1 aromatic heterocycles. The summed E-state index contributed by atoms with van der Waals surface area (Å²) < 4.78 is 40.6. The number of carbonyl (C=O) groups excluding carboxylic acids is 1. The number of sulfonamides is 1. The number of para-hydroxylation sites is 1. The van der Waals surface area contributed by atoms with Crippen LogP contribution in [0.3, 0.4) is 0 Å². The summed E-state index contributed by atoms with van der Waals surface area (Å²) in [6.45, 7) is 1.82. The molecular weight excluding hydrogens is 381 g/mol. The van der Waals surface area contributed by atoms with Crippen molar-refractivity contribution in [1.29, 1.82) is 0 Å². The van der Waals surface area contributed by atoms with Gasteiger partial charge in [0.2, 0.25) is 0 Å². The molecule has 0 saturated heterocycles. The molecule has 0 bridgehead atoms. The Labute approximate surface area is 162 Å². The number of nitrogens with zero attached hydrogens (tertiary/aromatic N) is 1. The average molecular weight is 399 g/mol. The maximum Gasteiger partial charge on any atom is 0.261 e. The zero-order chi connectivity index (χ0) is 20.1. The normalized spacial score (nSPS) is 12.2. The standard InChI is InChI=1S/C20H18FN3O3S/c1-14(15-10-12-22-13-11-15)23-20(25)18-4-2-3-5-19(18)24-28(26,27)17-8-6-16(21)7-9-17/h2-14,24H,1H3,(H,23,25)/t14-/m1/s1. The van der Waals surface area contributed by atoms with Crippen LogP contribution in [0.2, 0.25) is 0 Å². The summed E-state index contributed by atoms with van der Waals surface area (Å²) in [4.78, 5) is 16.5. The van der Waals surface area contributed by atoms with Crippen LogP contribution in [-0.4, -0.2) is 19.3 Å². The zero-order valence-corrected chi connectivity index (χ0v) is 15.8. The second-order valence-electron chi connectivity index (χ2n) is 6.08. The number of pyridine rings is 1. The highest BCUT2D eigenvalue weighted by Gasteiger charge is 2.20. The minimum absolute atomic E-state index is 0.103. The first kappa shape index (κ1) is 19.5. The molecule has 0 spiro atoms. The average Bonchev–Trinajstić information content (AvgIpc) is 2.69. The van der Waals surface area contributed by atoms with Crippen molar-refractivity contribution in [3.05, 3.63) is 90.0 Å². The number of hydrogen-bond donors (Lipinski definition) is 2. The minimum Gasteiger partial charge on any atom is -0.345 e. The SMILES string of the molecule is C[C@@H](NC(=O)c1ccccc1NS(=O)(=O)c1ccc(F)cc1)c1ccncc1. The van der Waals surface area contributed by atoms with Crippen molar-refractivity contribution in [2.24, 2.45) is 0 Å². The number of carbonyl (C=O) groups is 1. The molecule has 3 rings (SSSR count). The van der Waals surface area contributed by atoms with E-state index < -0.39 is 21.7 Å². The van der Waals surface area contributed by atoms with Crippen LogP contribution in [0.15, 0.2) is 78.0 Å². The van der Waals surface area contributed by atoms with Crippen LogP contribution in [0.5, 0.6) is 0 Å². The van der Waals surface area contributed by atoms with E-state index in [1.165, 1.54) is 12.1 Å². The fourth-order valence-electron chi connectivity index (χ4n) is 2.60. The van der Waals surface area contributed by atoms with Crippen LogP contribution in [0, 0.1) is 5.82 Å². The molecule has 1 heterocycles. The van der Waals surface area contributed by atoms with E-state index in [-0.39, 0.29) is 22.2 Å². The van der Waals surface area contributed by atoms with Gasteiger partial charge >= 0.3 is 0 Å². The lowest BCUT2D eigenvalue weighted by Gasteiger charge is -2.16. The molecule has 1 atom stereocenters. The fraction of sp³-hybridized carbons (Fsp3) is 0.100. The van der Waals surface area contributed by atoms with Gasteiger partial charge in [0.15, 0.2) is 0 Å². The van der Waals surface area contributed by atoms with Gasteiger partial charge in [0, 0.05) is 12.4 Å². The molecule has 0 aliphatic carbocycles. The predicted molar refractivity (Wildman–Crippen MR) is 104 cm³/mol. The second kappa shape index (κ2) is 8.18. The van der Waals surface area contributed by atoms with Gasteiger partial charge in [0.05, 0.1) is 22.2 Å². The lowest BCUT2D eigenvalue weighted by Crippen LogP contribution is -2.28. The maximum atomic E-state index is 13.1. The summed E-state index contributed by atoms with van der Waals surface area (Å²) in [5, 5.41) is 2.83. The highest BCUT2D eigenvalue weighted by atomic mass is 32.2. The van der Waals surface area contributed by atoms with Crippen molar-refractivity contribution >= 4 is 21.6 Å². The molecule has 2 N–H and O–H groups in total. The van der Waals surface area contributed by atoms with Crippen LogP contribution in [-0.2, 0) is 10.0 Å². The van der Waals surface area contributed by atoms with Crippen LogP contribution in [0.1, 0.15) is 28.9 Å². The van der Waals surface area contributed by atoms with Gasteiger partial charge in [-0.25, -0.2) is 12.8 Å². The third kappa shape index (κ3) is 4.52. The van der Waals surface area contributed by atoms with Crippen molar-refractivity contribution in [3.8, 4) is 0 Å². The van der Waals surface area contributed by atoms with Gasteiger partial charge in [-0.3, -0.25) is 14.5 Å². The summed E-state index contributed by atoms with van der Waals surface area (Å²) in [5.74, 6) is -0.967. The molecule has 0 aliphatic rings. The Kier molecular flexibility index (Phi) is 5.70. The quantitative estimate of drug-likeness (QED) is 0.664. The Balaban J connectivity index is 1.83. The molecule has 0 aliphatic heterocycles. The number of anilines is 1. The lowest BCUT2D eigenvalue weighted by atomic mass is 10.1. The van der Waals surface area contributed by atoms with Crippen LogP contribution < -0.4 is 10.0 Å². The van der Waals surface area contributed by atoms with Crippen molar-refractivity contribution in [3.63, 3.8) is 0 Å². The minimum atomic E-state index is -3.97. The van der Waals surface area contributed by atoms with E-state index in [1.54, 1.807) is 36.7 Å². The molecule has 1 amide bonds. The van der Waals surface area contributed by atoms with E-state index in [2.05, 4.69) is 15.0 Å². The highest BCUT2D eigenvalue weighted by Crippen LogP contribution is 2.21. The first-order valence-corrected chi connectivity index (χ1v) is 9.93. The zero-order valence-electron chi connectivity index (χ0n) is 15.0. The molecular formula is C20H18FN3O3S. The molecule has 0 saturated carbocycles. The number of rotatable bonds is 6. The summed E-state index contributed by atoms with van der Waals surface area (Å²) in [5.41, 5.74) is 1.17. The van der Waals surface area contributed by atoms with E-state index in [1.807, 2.05) is 6.92 Å². The molecule has 3 aromatic rings. The van der Waals surface area contributed by atoms with Gasteiger partial charge in [-0.1, -0.05) is 12.1 Å². The van der Waals surface area contributed by atoms with E-state index >= 15 is 0 Å². The molecule has 0 radical (unpaired) electrons. The molecule has 8 heteroatoms.